The Morgan fingerprint density at radius 2 is 1.96 bits per heavy atom. The molecule has 140 valence electrons. The van der Waals surface area contributed by atoms with Crippen LogP contribution in [0.2, 0.25) is 0 Å². The normalized spacial score (nSPS) is 18.9. The SMILES string of the molecule is CCC(Cc1ccccc1)NC(O)NCC1Cc2ccc(O)cc2CN1. The molecule has 26 heavy (non-hydrogen) atoms. The van der Waals surface area contributed by atoms with Gasteiger partial charge in [0.05, 0.1) is 0 Å². The van der Waals surface area contributed by atoms with Crippen LogP contribution in [-0.4, -0.2) is 35.2 Å². The quantitative estimate of drug-likeness (QED) is 0.468. The first-order valence-corrected chi connectivity index (χ1v) is 9.39. The third kappa shape index (κ3) is 5.29. The molecule has 0 spiro atoms. The fourth-order valence-corrected chi connectivity index (χ4v) is 3.47. The van der Waals surface area contributed by atoms with Crippen molar-refractivity contribution in [2.24, 2.45) is 0 Å². The first kappa shape index (κ1) is 18.9. The van der Waals surface area contributed by atoms with E-state index in [2.05, 4.69) is 35.0 Å². The second kappa shape index (κ2) is 9.14. The lowest BCUT2D eigenvalue weighted by atomic mass is 9.95. The molecule has 0 bridgehead atoms. The zero-order valence-electron chi connectivity index (χ0n) is 15.3. The van der Waals surface area contributed by atoms with Crippen LogP contribution in [0, 0.1) is 0 Å². The van der Waals surface area contributed by atoms with E-state index < -0.39 is 6.35 Å². The van der Waals surface area contributed by atoms with Crippen LogP contribution in [0.1, 0.15) is 30.0 Å². The van der Waals surface area contributed by atoms with Gasteiger partial charge in [0, 0.05) is 25.2 Å². The zero-order chi connectivity index (χ0) is 18.4. The largest absolute Gasteiger partial charge is 0.508 e. The van der Waals surface area contributed by atoms with E-state index in [1.54, 1.807) is 6.07 Å². The molecule has 5 heteroatoms. The Bertz CT molecular complexity index is 693. The van der Waals surface area contributed by atoms with Crippen molar-refractivity contribution in [2.75, 3.05) is 6.54 Å². The van der Waals surface area contributed by atoms with E-state index in [1.807, 2.05) is 30.3 Å². The molecule has 2 aromatic carbocycles. The average molecular weight is 355 g/mol. The number of nitrogens with one attached hydrogen (secondary N) is 3. The van der Waals surface area contributed by atoms with Gasteiger partial charge in [0.2, 0.25) is 0 Å². The van der Waals surface area contributed by atoms with Crippen LogP contribution >= 0.6 is 0 Å². The highest BCUT2D eigenvalue weighted by atomic mass is 16.3. The molecule has 3 atom stereocenters. The Hall–Kier alpha value is -1.92. The van der Waals surface area contributed by atoms with E-state index in [4.69, 9.17) is 0 Å². The van der Waals surface area contributed by atoms with Crippen molar-refractivity contribution in [1.82, 2.24) is 16.0 Å². The summed E-state index contributed by atoms with van der Waals surface area (Å²) >= 11 is 0. The van der Waals surface area contributed by atoms with Gasteiger partial charge in [-0.25, -0.2) is 0 Å². The molecular formula is C21H29N3O2. The van der Waals surface area contributed by atoms with Crippen molar-refractivity contribution in [1.29, 1.82) is 0 Å². The van der Waals surface area contributed by atoms with Gasteiger partial charge in [0.15, 0.2) is 6.35 Å². The summed E-state index contributed by atoms with van der Waals surface area (Å²) in [4.78, 5) is 0. The van der Waals surface area contributed by atoms with E-state index in [0.29, 0.717) is 12.3 Å². The van der Waals surface area contributed by atoms with E-state index >= 15 is 0 Å². The maximum absolute atomic E-state index is 10.3. The fraction of sp³-hybridized carbons (Fsp3) is 0.429. The second-order valence-electron chi connectivity index (χ2n) is 7.01. The van der Waals surface area contributed by atoms with Crippen molar-refractivity contribution in [3.8, 4) is 5.75 Å². The molecule has 1 aliphatic rings. The number of aliphatic hydroxyl groups excluding tert-OH is 1. The lowest BCUT2D eigenvalue weighted by Gasteiger charge is -2.28. The van der Waals surface area contributed by atoms with Gasteiger partial charge in [0.1, 0.15) is 5.75 Å². The number of phenolic OH excluding ortho intramolecular Hbond substituents is 1. The van der Waals surface area contributed by atoms with E-state index in [0.717, 1.165) is 31.4 Å². The van der Waals surface area contributed by atoms with E-state index in [9.17, 15) is 10.2 Å². The van der Waals surface area contributed by atoms with Gasteiger partial charge in [0.25, 0.3) is 0 Å². The maximum atomic E-state index is 10.3. The molecule has 0 aliphatic carbocycles. The predicted octanol–water partition coefficient (Wildman–Crippen LogP) is 1.88. The molecule has 0 aromatic heterocycles. The number of aliphatic hydroxyl groups is 1. The van der Waals surface area contributed by atoms with Crippen LogP contribution in [-0.2, 0) is 19.4 Å². The minimum atomic E-state index is -0.730. The van der Waals surface area contributed by atoms with E-state index in [1.165, 1.54) is 11.1 Å². The van der Waals surface area contributed by atoms with Crippen molar-refractivity contribution < 1.29 is 10.2 Å². The lowest BCUT2D eigenvalue weighted by Crippen LogP contribution is -2.52. The minimum absolute atomic E-state index is 0.225. The number of benzene rings is 2. The Balaban J connectivity index is 1.45. The van der Waals surface area contributed by atoms with Gasteiger partial charge in [-0.1, -0.05) is 43.3 Å². The van der Waals surface area contributed by atoms with Gasteiger partial charge >= 0.3 is 0 Å². The summed E-state index contributed by atoms with van der Waals surface area (Å²) < 4.78 is 0. The summed E-state index contributed by atoms with van der Waals surface area (Å²) in [6, 6.07) is 16.4. The molecule has 1 heterocycles. The first-order valence-electron chi connectivity index (χ1n) is 9.39. The number of fused-ring (bicyclic) bond motifs is 1. The van der Waals surface area contributed by atoms with Gasteiger partial charge in [-0.15, -0.1) is 0 Å². The van der Waals surface area contributed by atoms with Crippen LogP contribution in [0.3, 0.4) is 0 Å². The van der Waals surface area contributed by atoms with Crippen LogP contribution in [0.5, 0.6) is 5.75 Å². The Kier molecular flexibility index (Phi) is 6.63. The highest BCUT2D eigenvalue weighted by molar-refractivity contribution is 5.36. The summed E-state index contributed by atoms with van der Waals surface area (Å²) in [6.45, 7) is 3.55. The van der Waals surface area contributed by atoms with Crippen molar-refractivity contribution in [3.63, 3.8) is 0 Å². The number of hydrogen-bond donors (Lipinski definition) is 5. The van der Waals surface area contributed by atoms with Gasteiger partial charge in [-0.3, -0.25) is 10.6 Å². The number of aromatic hydroxyl groups is 1. The summed E-state index contributed by atoms with van der Waals surface area (Å²) in [5.41, 5.74) is 3.67. The zero-order valence-corrected chi connectivity index (χ0v) is 15.3. The molecule has 0 radical (unpaired) electrons. The molecule has 0 saturated carbocycles. The highest BCUT2D eigenvalue weighted by Crippen LogP contribution is 2.21. The molecule has 3 unspecified atom stereocenters. The monoisotopic (exact) mass is 355 g/mol. The first-order chi connectivity index (χ1) is 12.6. The van der Waals surface area contributed by atoms with Crippen LogP contribution in [0.4, 0.5) is 0 Å². The molecule has 5 nitrogen and oxygen atoms in total. The van der Waals surface area contributed by atoms with Crippen LogP contribution in [0.25, 0.3) is 0 Å². The molecule has 2 aromatic rings. The fourth-order valence-electron chi connectivity index (χ4n) is 3.47. The smallest absolute Gasteiger partial charge is 0.160 e. The summed E-state index contributed by atoms with van der Waals surface area (Å²) in [5, 5.41) is 29.8. The Morgan fingerprint density at radius 3 is 2.73 bits per heavy atom. The lowest BCUT2D eigenvalue weighted by molar-refractivity contribution is 0.0838. The maximum Gasteiger partial charge on any atom is 0.160 e. The van der Waals surface area contributed by atoms with E-state index in [-0.39, 0.29) is 12.1 Å². The Morgan fingerprint density at radius 1 is 1.15 bits per heavy atom. The second-order valence-corrected chi connectivity index (χ2v) is 7.01. The predicted molar refractivity (Wildman–Crippen MR) is 104 cm³/mol. The van der Waals surface area contributed by atoms with Gasteiger partial charge in [-0.05, 0) is 48.1 Å². The van der Waals surface area contributed by atoms with Crippen molar-refractivity contribution >= 4 is 0 Å². The van der Waals surface area contributed by atoms with Gasteiger partial charge in [-0.2, -0.15) is 0 Å². The summed E-state index contributed by atoms with van der Waals surface area (Å²) in [5.74, 6) is 0.311. The number of phenols is 1. The molecule has 0 fully saturated rings. The average Bonchev–Trinajstić information content (AvgIpc) is 2.66. The standard InChI is InChI=1S/C21H29N3O2/c1-2-18(10-15-6-4-3-5-7-15)24-21(26)23-14-19-11-16-8-9-20(25)12-17(16)13-22-19/h3-9,12,18-19,21-26H,2,10-11,13-14H2,1H3. The van der Waals surface area contributed by atoms with Crippen LogP contribution < -0.4 is 16.0 Å². The molecule has 5 N–H and O–H groups in total. The van der Waals surface area contributed by atoms with Crippen LogP contribution in [0.15, 0.2) is 48.5 Å². The summed E-state index contributed by atoms with van der Waals surface area (Å²) in [7, 11) is 0. The molecule has 0 amide bonds. The molecule has 0 saturated heterocycles. The van der Waals surface area contributed by atoms with Gasteiger partial charge < -0.3 is 15.5 Å². The summed E-state index contributed by atoms with van der Waals surface area (Å²) in [6.07, 6.45) is 2.00. The topological polar surface area (TPSA) is 76.5 Å². The molecule has 1 aliphatic heterocycles. The highest BCUT2D eigenvalue weighted by Gasteiger charge is 2.19. The third-order valence-corrected chi connectivity index (χ3v) is 5.01. The number of hydrogen-bond acceptors (Lipinski definition) is 5. The van der Waals surface area contributed by atoms with Crippen molar-refractivity contribution in [2.45, 2.75) is 51.2 Å². The third-order valence-electron chi connectivity index (χ3n) is 5.01. The Labute approximate surface area is 155 Å². The molecule has 3 rings (SSSR count). The number of rotatable bonds is 8. The van der Waals surface area contributed by atoms with Crippen molar-refractivity contribution in [3.05, 3.63) is 65.2 Å². The minimum Gasteiger partial charge on any atom is -0.508 e. The molecular weight excluding hydrogens is 326 g/mol.